The number of hydrogen-bond acceptors (Lipinski definition) is 12. The summed E-state index contributed by atoms with van der Waals surface area (Å²) in [7, 11) is 0. The van der Waals surface area contributed by atoms with Gasteiger partial charge in [-0.3, -0.25) is 0 Å². The molecule has 0 aromatic heterocycles. The smallest absolute Gasteiger partial charge is 0.546 e. The summed E-state index contributed by atoms with van der Waals surface area (Å²) in [6.45, 7) is -3.02. The van der Waals surface area contributed by atoms with Gasteiger partial charge in [-0.25, -0.2) is 0 Å². The van der Waals surface area contributed by atoms with Crippen molar-refractivity contribution in [3.05, 3.63) is 117 Å². The van der Waals surface area contributed by atoms with Crippen molar-refractivity contribution in [1.82, 2.24) is 0 Å². The van der Waals surface area contributed by atoms with E-state index < -0.39 is 50.3 Å². The van der Waals surface area contributed by atoms with Crippen LogP contribution in [0, 0.1) is 0 Å². The van der Waals surface area contributed by atoms with Crippen LogP contribution in [-0.2, 0) is 44.9 Å². The molecule has 0 amide bonds. The van der Waals surface area contributed by atoms with Crippen LogP contribution < -0.4 is 245 Å². The average molecular weight is 809 g/mol. The third-order valence-electron chi connectivity index (χ3n) is 7.57. The summed E-state index contributed by atoms with van der Waals surface area (Å²) >= 11 is 0. The first-order chi connectivity index (χ1) is 23.1. The van der Waals surface area contributed by atoms with E-state index in [9.17, 15) is 39.6 Å². The Labute approximate surface area is 470 Å². The fourth-order valence-electron chi connectivity index (χ4n) is 5.75. The fourth-order valence-corrected chi connectivity index (χ4v) is 5.75. The van der Waals surface area contributed by atoms with E-state index in [0.717, 1.165) is 0 Å². The van der Waals surface area contributed by atoms with E-state index in [4.69, 9.17) is 18.9 Å². The molecule has 248 valence electrons. The molecule has 0 heterocycles. The van der Waals surface area contributed by atoms with Crippen molar-refractivity contribution in [2.75, 3.05) is 26.4 Å². The number of aliphatic carboxylic acids is 4. The molecule has 4 aromatic rings. The standard InChI is InChI=1S/C36H32O12.4K/c37-29(38)17-45-33-21-5-1-6-22(33)14-24-8-3-10-26(35(24)47-19-31(41)42)16-28-12-4-11-27(36(28)48-20-32(43)44)15-25-9-2-7-23(13-21)34(25)46-18-30(39)40;;;;/h1-12H,13-20H2,(H,37,38)(H,39,40)(H,41,42)(H,43,44);;;;/q;4*+1/p-4. The van der Waals surface area contributed by atoms with Crippen molar-refractivity contribution in [1.29, 1.82) is 0 Å². The van der Waals surface area contributed by atoms with Gasteiger partial charge in [-0.2, -0.15) is 0 Å². The molecular weight excluding hydrogens is 781 g/mol. The summed E-state index contributed by atoms with van der Waals surface area (Å²) in [4.78, 5) is 45.9. The van der Waals surface area contributed by atoms with Crippen molar-refractivity contribution in [3.8, 4) is 23.0 Å². The van der Waals surface area contributed by atoms with Gasteiger partial charge in [-0.05, 0) is 44.5 Å². The van der Waals surface area contributed by atoms with E-state index >= 15 is 0 Å². The molecule has 0 fully saturated rings. The molecular formula is C36H28K4O12. The number of carbonyl (C=O) groups excluding carboxylic acids is 4. The van der Waals surface area contributed by atoms with Gasteiger partial charge in [0.15, 0.2) is 0 Å². The van der Waals surface area contributed by atoms with E-state index in [1.807, 2.05) is 0 Å². The van der Waals surface area contributed by atoms with Gasteiger partial charge in [-0.1, -0.05) is 72.8 Å². The van der Waals surface area contributed by atoms with Crippen molar-refractivity contribution in [2.45, 2.75) is 25.7 Å². The molecule has 0 saturated carbocycles. The molecule has 5 rings (SSSR count). The van der Waals surface area contributed by atoms with E-state index in [1.54, 1.807) is 72.8 Å². The minimum absolute atomic E-state index is 0. The summed E-state index contributed by atoms with van der Waals surface area (Å²) in [5.74, 6) is -4.83. The van der Waals surface area contributed by atoms with Gasteiger partial charge < -0.3 is 58.6 Å². The maximum Gasteiger partial charge on any atom is 1.00 e. The molecule has 0 aliphatic heterocycles. The quantitative estimate of drug-likeness (QED) is 0.108. The minimum Gasteiger partial charge on any atom is -0.546 e. The maximum atomic E-state index is 11.5. The van der Waals surface area contributed by atoms with Crippen LogP contribution in [0.5, 0.6) is 23.0 Å². The second-order valence-corrected chi connectivity index (χ2v) is 11.0. The average Bonchev–Trinajstić information content (AvgIpc) is 3.02. The summed E-state index contributed by atoms with van der Waals surface area (Å²) in [5.41, 5.74) is 4.37. The van der Waals surface area contributed by atoms with E-state index in [1.165, 1.54) is 0 Å². The molecule has 1 aliphatic carbocycles. The van der Waals surface area contributed by atoms with Crippen LogP contribution in [0.3, 0.4) is 0 Å². The van der Waals surface area contributed by atoms with Crippen molar-refractivity contribution < 1.29 is 264 Å². The molecule has 1 aliphatic rings. The Morgan fingerprint density at radius 2 is 0.519 bits per heavy atom. The third-order valence-corrected chi connectivity index (χ3v) is 7.57. The first-order valence-corrected chi connectivity index (χ1v) is 14.8. The topological polar surface area (TPSA) is 197 Å². The number of ether oxygens (including phenoxy) is 4. The molecule has 0 unspecified atom stereocenters. The zero-order valence-electron chi connectivity index (χ0n) is 29.5. The Balaban J connectivity index is 0.00000338. The number of fused-ring (bicyclic) bond motifs is 8. The predicted octanol–water partition coefficient (Wildman–Crippen LogP) is -13.1. The Morgan fingerprint density at radius 3 is 0.654 bits per heavy atom. The molecule has 8 bridgehead atoms. The van der Waals surface area contributed by atoms with E-state index in [0.29, 0.717) is 44.5 Å². The molecule has 0 spiro atoms. The van der Waals surface area contributed by atoms with Crippen LogP contribution in [0.1, 0.15) is 44.5 Å². The van der Waals surface area contributed by atoms with Crippen LogP contribution in [0.4, 0.5) is 0 Å². The number of rotatable bonds is 12. The largest absolute Gasteiger partial charge is 1.00 e. The molecule has 52 heavy (non-hydrogen) atoms. The number of carboxylic acid groups (broad SMARTS) is 4. The number of para-hydroxylation sites is 4. The van der Waals surface area contributed by atoms with Gasteiger partial charge in [0.1, 0.15) is 49.4 Å². The number of hydrogen-bond donors (Lipinski definition) is 0. The van der Waals surface area contributed by atoms with Crippen LogP contribution in [0.25, 0.3) is 0 Å². The Morgan fingerprint density at radius 1 is 0.365 bits per heavy atom. The van der Waals surface area contributed by atoms with Crippen molar-refractivity contribution in [2.24, 2.45) is 0 Å². The maximum absolute atomic E-state index is 11.5. The van der Waals surface area contributed by atoms with Gasteiger partial charge in [-0.15, -0.1) is 0 Å². The zero-order chi connectivity index (χ0) is 34.2. The molecule has 0 saturated heterocycles. The van der Waals surface area contributed by atoms with Gasteiger partial charge in [0.2, 0.25) is 0 Å². The van der Waals surface area contributed by atoms with E-state index in [-0.39, 0.29) is 254 Å². The summed E-state index contributed by atoms with van der Waals surface area (Å²) in [6, 6.07) is 20.8. The first kappa shape index (κ1) is 50.5. The Bertz CT molecular complexity index is 1530. The minimum atomic E-state index is -1.45. The van der Waals surface area contributed by atoms with Gasteiger partial charge >= 0.3 is 206 Å². The normalized spacial score (nSPS) is 11.1. The second kappa shape index (κ2) is 25.0. The van der Waals surface area contributed by atoms with Gasteiger partial charge in [0, 0.05) is 25.7 Å². The summed E-state index contributed by atoms with van der Waals surface area (Å²) in [5, 5.41) is 45.9. The van der Waals surface area contributed by atoms with Crippen LogP contribution in [0.2, 0.25) is 0 Å². The number of carboxylic acids is 4. The molecule has 0 atom stereocenters. The molecule has 16 heteroatoms. The van der Waals surface area contributed by atoms with Crippen molar-refractivity contribution in [3.63, 3.8) is 0 Å². The SMILES string of the molecule is O=C([O-])COc1c2cccc1Cc1cccc(c1OCC(=O)[O-])Cc1cccc(c1OCC(=O)[O-])Cc1cccc(c1OCC(=O)[O-])C2.[K+].[K+].[K+].[K+]. The fraction of sp³-hybridized carbons (Fsp3) is 0.222. The third kappa shape index (κ3) is 14.5. The number of benzene rings is 4. The van der Waals surface area contributed by atoms with Crippen LogP contribution in [-0.4, -0.2) is 50.3 Å². The Hall–Kier alpha value is 0.505. The van der Waals surface area contributed by atoms with Gasteiger partial charge in [0.25, 0.3) is 0 Å². The van der Waals surface area contributed by atoms with Gasteiger partial charge in [0.05, 0.1) is 23.9 Å². The Kier molecular flexibility index (Phi) is 24.3. The number of carbonyl (C=O) groups is 4. The van der Waals surface area contributed by atoms with Crippen LogP contribution >= 0.6 is 0 Å². The zero-order valence-corrected chi connectivity index (χ0v) is 42.0. The molecule has 0 radical (unpaired) electrons. The first-order valence-electron chi connectivity index (χ1n) is 14.8. The van der Waals surface area contributed by atoms with Crippen molar-refractivity contribution >= 4 is 23.9 Å². The molecule has 12 nitrogen and oxygen atoms in total. The summed E-state index contributed by atoms with van der Waals surface area (Å²) in [6.07, 6.45) is 0.479. The predicted molar refractivity (Wildman–Crippen MR) is 159 cm³/mol. The molecule has 0 N–H and O–H groups in total. The molecule has 4 aromatic carbocycles. The van der Waals surface area contributed by atoms with E-state index in [2.05, 4.69) is 0 Å². The second-order valence-electron chi connectivity index (χ2n) is 11.0. The summed E-state index contributed by atoms with van der Waals surface area (Å²) < 4.78 is 23.1. The van der Waals surface area contributed by atoms with Crippen LogP contribution in [0.15, 0.2) is 72.8 Å². The monoisotopic (exact) mass is 808 g/mol.